The third-order valence-electron chi connectivity index (χ3n) is 3.84. The molecule has 2 rings (SSSR count). The molecule has 2 aromatic rings. The highest BCUT2D eigenvalue weighted by Gasteiger charge is 2.13. The molecule has 0 saturated carbocycles. The summed E-state index contributed by atoms with van der Waals surface area (Å²) in [7, 11) is 1.75. The van der Waals surface area contributed by atoms with Gasteiger partial charge in [0.25, 0.3) is 0 Å². The molecule has 2 aromatic carbocycles. The molecule has 0 bridgehead atoms. The van der Waals surface area contributed by atoms with Crippen LogP contribution in [0.4, 0.5) is 10.1 Å². The van der Waals surface area contributed by atoms with Crippen molar-refractivity contribution in [2.75, 3.05) is 38.3 Å². The SMILES string of the molecule is CSc1ccccc1NC(=O)CN(C)CC(O)COCc1ccccc1F. The van der Waals surface area contributed by atoms with Crippen LogP contribution >= 0.6 is 11.8 Å². The number of amides is 1. The molecule has 0 heterocycles. The third-order valence-corrected chi connectivity index (χ3v) is 4.64. The van der Waals surface area contributed by atoms with Crippen LogP contribution in [0.5, 0.6) is 0 Å². The van der Waals surface area contributed by atoms with Crippen LogP contribution < -0.4 is 5.32 Å². The molecule has 27 heavy (non-hydrogen) atoms. The zero-order valence-electron chi connectivity index (χ0n) is 15.5. The Morgan fingerprint density at radius 1 is 1.26 bits per heavy atom. The first-order chi connectivity index (χ1) is 13.0. The van der Waals surface area contributed by atoms with Crippen LogP contribution in [0.15, 0.2) is 53.4 Å². The minimum Gasteiger partial charge on any atom is -0.389 e. The van der Waals surface area contributed by atoms with Crippen molar-refractivity contribution in [2.24, 2.45) is 0 Å². The Kier molecular flexibility index (Phi) is 8.74. The van der Waals surface area contributed by atoms with Crippen LogP contribution in [0.1, 0.15) is 5.56 Å². The maximum Gasteiger partial charge on any atom is 0.238 e. The van der Waals surface area contributed by atoms with Gasteiger partial charge in [-0.25, -0.2) is 4.39 Å². The first kappa shape index (κ1) is 21.4. The van der Waals surface area contributed by atoms with E-state index >= 15 is 0 Å². The minimum absolute atomic E-state index is 0.0651. The highest BCUT2D eigenvalue weighted by atomic mass is 32.2. The molecule has 0 saturated heterocycles. The quantitative estimate of drug-likeness (QED) is 0.609. The van der Waals surface area contributed by atoms with Gasteiger partial charge in [0.15, 0.2) is 0 Å². The number of thioether (sulfide) groups is 1. The number of anilines is 1. The Balaban J connectivity index is 1.71. The summed E-state index contributed by atoms with van der Waals surface area (Å²) >= 11 is 1.56. The summed E-state index contributed by atoms with van der Waals surface area (Å²) in [6.07, 6.45) is 1.18. The first-order valence-corrected chi connectivity index (χ1v) is 9.82. The smallest absolute Gasteiger partial charge is 0.238 e. The normalized spacial score (nSPS) is 12.2. The Morgan fingerprint density at radius 2 is 1.96 bits per heavy atom. The fraction of sp³-hybridized carbons (Fsp3) is 0.350. The van der Waals surface area contributed by atoms with E-state index in [0.29, 0.717) is 5.56 Å². The number of carbonyl (C=O) groups excluding carboxylic acids is 1. The van der Waals surface area contributed by atoms with Crippen molar-refractivity contribution in [2.45, 2.75) is 17.6 Å². The van der Waals surface area contributed by atoms with Gasteiger partial charge < -0.3 is 15.2 Å². The van der Waals surface area contributed by atoms with Crippen molar-refractivity contribution < 1.29 is 19.0 Å². The van der Waals surface area contributed by atoms with E-state index < -0.39 is 6.10 Å². The molecule has 0 aliphatic heterocycles. The van der Waals surface area contributed by atoms with Gasteiger partial charge in [-0.15, -0.1) is 11.8 Å². The van der Waals surface area contributed by atoms with E-state index in [1.165, 1.54) is 6.07 Å². The molecule has 1 atom stereocenters. The number of aliphatic hydroxyl groups excluding tert-OH is 1. The lowest BCUT2D eigenvalue weighted by atomic mass is 10.2. The Morgan fingerprint density at radius 3 is 2.70 bits per heavy atom. The van der Waals surface area contributed by atoms with E-state index in [0.717, 1.165) is 10.6 Å². The van der Waals surface area contributed by atoms with Gasteiger partial charge in [0.05, 0.1) is 31.5 Å². The molecule has 2 N–H and O–H groups in total. The molecule has 0 fully saturated rings. The van der Waals surface area contributed by atoms with Crippen molar-refractivity contribution in [3.8, 4) is 0 Å². The molecular weight excluding hydrogens is 367 g/mol. The number of aliphatic hydroxyl groups is 1. The molecule has 0 aliphatic carbocycles. The van der Waals surface area contributed by atoms with E-state index in [9.17, 15) is 14.3 Å². The minimum atomic E-state index is -0.770. The number of halogens is 1. The number of nitrogens with one attached hydrogen (secondary N) is 1. The highest BCUT2D eigenvalue weighted by molar-refractivity contribution is 7.98. The summed E-state index contributed by atoms with van der Waals surface area (Å²) in [5.41, 5.74) is 1.22. The third kappa shape index (κ3) is 7.30. The number of hydrogen-bond acceptors (Lipinski definition) is 5. The summed E-state index contributed by atoms with van der Waals surface area (Å²) in [4.78, 5) is 14.9. The molecule has 146 valence electrons. The lowest BCUT2D eigenvalue weighted by molar-refractivity contribution is -0.117. The Bertz CT molecular complexity index is 745. The highest BCUT2D eigenvalue weighted by Crippen LogP contribution is 2.24. The monoisotopic (exact) mass is 392 g/mol. The van der Waals surface area contributed by atoms with E-state index in [-0.39, 0.29) is 38.0 Å². The van der Waals surface area contributed by atoms with Gasteiger partial charge in [-0.3, -0.25) is 9.69 Å². The average Bonchev–Trinajstić information content (AvgIpc) is 2.63. The van der Waals surface area contributed by atoms with Gasteiger partial charge in [0.1, 0.15) is 5.82 Å². The molecular formula is C20H25FN2O3S. The second-order valence-electron chi connectivity index (χ2n) is 6.21. The van der Waals surface area contributed by atoms with E-state index in [1.54, 1.807) is 41.9 Å². The number of carbonyl (C=O) groups is 1. The van der Waals surface area contributed by atoms with E-state index in [2.05, 4.69) is 5.32 Å². The zero-order valence-corrected chi connectivity index (χ0v) is 16.3. The van der Waals surface area contributed by atoms with E-state index in [1.807, 2.05) is 30.5 Å². The van der Waals surface area contributed by atoms with Crippen molar-refractivity contribution in [1.29, 1.82) is 0 Å². The van der Waals surface area contributed by atoms with Gasteiger partial charge in [-0.1, -0.05) is 30.3 Å². The molecule has 0 aliphatic rings. The second kappa shape index (κ2) is 11.0. The van der Waals surface area contributed by atoms with Crippen LogP contribution in [-0.2, 0) is 16.1 Å². The molecule has 7 heteroatoms. The maximum absolute atomic E-state index is 13.5. The summed E-state index contributed by atoms with van der Waals surface area (Å²) in [6.45, 7) is 0.580. The molecule has 1 unspecified atom stereocenters. The molecule has 0 spiro atoms. The number of ether oxygens (including phenoxy) is 1. The van der Waals surface area contributed by atoms with Crippen LogP contribution in [0.25, 0.3) is 0 Å². The van der Waals surface area contributed by atoms with Gasteiger partial charge in [-0.05, 0) is 31.5 Å². The predicted molar refractivity (Wildman–Crippen MR) is 106 cm³/mol. The standard InChI is InChI=1S/C20H25FN2O3S/c1-23(12-20(25)22-18-9-5-6-10-19(18)27-2)11-16(24)14-26-13-15-7-3-4-8-17(15)21/h3-10,16,24H,11-14H2,1-2H3,(H,22,25). The van der Waals surface area contributed by atoms with Gasteiger partial charge >= 0.3 is 0 Å². The number of likely N-dealkylation sites (N-methyl/N-ethyl adjacent to an activating group) is 1. The Hall–Kier alpha value is -1.93. The lowest BCUT2D eigenvalue weighted by Crippen LogP contribution is -2.37. The summed E-state index contributed by atoms with van der Waals surface area (Å²) in [6, 6.07) is 14.0. The molecule has 0 radical (unpaired) electrons. The number of rotatable bonds is 10. The summed E-state index contributed by atoms with van der Waals surface area (Å²) in [5.74, 6) is -0.482. The molecule has 5 nitrogen and oxygen atoms in total. The Labute approximate surface area is 163 Å². The first-order valence-electron chi connectivity index (χ1n) is 8.60. The van der Waals surface area contributed by atoms with Crippen LogP contribution in [0, 0.1) is 5.82 Å². The van der Waals surface area contributed by atoms with E-state index in [4.69, 9.17) is 4.74 Å². The van der Waals surface area contributed by atoms with Crippen molar-refractivity contribution in [1.82, 2.24) is 4.90 Å². The zero-order chi connectivity index (χ0) is 19.6. The summed E-state index contributed by atoms with van der Waals surface area (Å²) < 4.78 is 18.9. The van der Waals surface area contributed by atoms with Crippen LogP contribution in [-0.4, -0.2) is 55.0 Å². The molecule has 1 amide bonds. The average molecular weight is 392 g/mol. The van der Waals surface area contributed by atoms with Crippen molar-refractivity contribution in [3.05, 3.63) is 59.9 Å². The fourth-order valence-electron chi connectivity index (χ4n) is 2.58. The topological polar surface area (TPSA) is 61.8 Å². The largest absolute Gasteiger partial charge is 0.389 e. The molecule has 0 aromatic heterocycles. The summed E-state index contributed by atoms with van der Waals surface area (Å²) in [5, 5.41) is 12.9. The predicted octanol–water partition coefficient (Wildman–Crippen LogP) is 3.00. The fourth-order valence-corrected chi connectivity index (χ4v) is 3.13. The number of para-hydroxylation sites is 1. The maximum atomic E-state index is 13.5. The second-order valence-corrected chi connectivity index (χ2v) is 7.05. The lowest BCUT2D eigenvalue weighted by Gasteiger charge is -2.20. The number of benzene rings is 2. The van der Waals surface area contributed by atoms with Crippen molar-refractivity contribution >= 4 is 23.4 Å². The van der Waals surface area contributed by atoms with Gasteiger partial charge in [-0.2, -0.15) is 0 Å². The number of hydrogen-bond donors (Lipinski definition) is 2. The van der Waals surface area contributed by atoms with Crippen LogP contribution in [0.2, 0.25) is 0 Å². The number of nitrogens with zero attached hydrogens (tertiary/aromatic N) is 1. The van der Waals surface area contributed by atoms with Crippen LogP contribution in [0.3, 0.4) is 0 Å². The van der Waals surface area contributed by atoms with Gasteiger partial charge in [0.2, 0.25) is 5.91 Å². The van der Waals surface area contributed by atoms with Crippen molar-refractivity contribution in [3.63, 3.8) is 0 Å². The van der Waals surface area contributed by atoms with Gasteiger partial charge in [0, 0.05) is 17.0 Å².